The number of nitrogens with zero attached hydrogens (tertiary/aromatic N) is 1. The summed E-state index contributed by atoms with van der Waals surface area (Å²) in [5.74, 6) is -0.600. The van der Waals surface area contributed by atoms with Crippen molar-refractivity contribution in [3.63, 3.8) is 0 Å². The summed E-state index contributed by atoms with van der Waals surface area (Å²) in [4.78, 5) is 11.3. The highest BCUT2D eigenvalue weighted by atomic mass is 16.5. The molecule has 0 aliphatic carbocycles. The van der Waals surface area contributed by atoms with Crippen LogP contribution in [0.3, 0.4) is 0 Å². The van der Waals surface area contributed by atoms with Gasteiger partial charge in [-0.2, -0.15) is 5.26 Å². The van der Waals surface area contributed by atoms with Gasteiger partial charge in [-0.15, -0.1) is 0 Å². The van der Waals surface area contributed by atoms with Crippen molar-refractivity contribution in [3.8, 4) is 6.07 Å². The molecular formula is C10H10N2O2. The zero-order chi connectivity index (χ0) is 10.4. The molecule has 0 radical (unpaired) electrons. The number of nitriles is 1. The molecule has 0 saturated heterocycles. The lowest BCUT2D eigenvalue weighted by atomic mass is 10.2. The van der Waals surface area contributed by atoms with Crippen molar-refractivity contribution in [1.29, 1.82) is 5.26 Å². The molecule has 4 heteroatoms. The van der Waals surface area contributed by atoms with Gasteiger partial charge in [0.05, 0.1) is 12.3 Å². The number of rotatable bonds is 2. The molecule has 0 fully saturated rings. The standard InChI is InChI=1S/C10H10N2O2/c1-2-14-10(13)8(7-11)9-5-3-4-6-12-9/h3-6,12H,2H2,1H3/b9-8+. The molecule has 1 heterocycles. The van der Waals surface area contributed by atoms with Gasteiger partial charge in [-0.3, -0.25) is 0 Å². The van der Waals surface area contributed by atoms with Gasteiger partial charge in [0.15, 0.2) is 5.57 Å². The number of allylic oxidation sites excluding steroid dienone is 3. The average Bonchev–Trinajstić information content (AvgIpc) is 2.21. The van der Waals surface area contributed by atoms with Crippen LogP contribution in [-0.4, -0.2) is 12.6 Å². The number of hydrogen-bond acceptors (Lipinski definition) is 4. The summed E-state index contributed by atoms with van der Waals surface area (Å²) in [6.45, 7) is 1.96. The third-order valence-corrected chi connectivity index (χ3v) is 1.57. The lowest BCUT2D eigenvalue weighted by molar-refractivity contribution is -0.138. The van der Waals surface area contributed by atoms with Gasteiger partial charge in [0.1, 0.15) is 6.07 Å². The van der Waals surface area contributed by atoms with Crippen LogP contribution in [0.1, 0.15) is 6.92 Å². The zero-order valence-corrected chi connectivity index (χ0v) is 7.78. The number of esters is 1. The quantitative estimate of drug-likeness (QED) is 0.401. The van der Waals surface area contributed by atoms with E-state index < -0.39 is 5.97 Å². The molecule has 0 unspecified atom stereocenters. The largest absolute Gasteiger partial charge is 0.462 e. The van der Waals surface area contributed by atoms with E-state index in [2.05, 4.69) is 5.32 Å². The molecule has 72 valence electrons. The summed E-state index contributed by atoms with van der Waals surface area (Å²) in [6.07, 6.45) is 6.80. The summed E-state index contributed by atoms with van der Waals surface area (Å²) in [7, 11) is 0. The van der Waals surface area contributed by atoms with E-state index in [4.69, 9.17) is 10.00 Å². The smallest absolute Gasteiger partial charge is 0.351 e. The van der Waals surface area contributed by atoms with Crippen LogP contribution in [0.15, 0.2) is 35.7 Å². The Labute approximate surface area is 82.2 Å². The molecule has 0 aromatic heterocycles. The van der Waals surface area contributed by atoms with Crippen molar-refractivity contribution in [2.45, 2.75) is 6.92 Å². The van der Waals surface area contributed by atoms with E-state index in [0.717, 1.165) is 0 Å². The molecule has 1 aliphatic rings. The molecule has 1 N–H and O–H groups in total. The molecule has 0 aromatic rings. The van der Waals surface area contributed by atoms with E-state index in [1.165, 1.54) is 0 Å². The summed E-state index contributed by atoms with van der Waals surface area (Å²) >= 11 is 0. The van der Waals surface area contributed by atoms with Crippen LogP contribution in [-0.2, 0) is 9.53 Å². The van der Waals surface area contributed by atoms with Crippen LogP contribution >= 0.6 is 0 Å². The van der Waals surface area contributed by atoms with E-state index in [-0.39, 0.29) is 12.2 Å². The summed E-state index contributed by atoms with van der Waals surface area (Å²) in [5, 5.41) is 11.6. The minimum absolute atomic E-state index is 0.00699. The SMILES string of the molecule is CCOC(=O)/C(C#N)=C1\C=CC=CN1. The predicted molar refractivity (Wildman–Crippen MR) is 50.7 cm³/mol. The van der Waals surface area contributed by atoms with E-state index in [1.54, 1.807) is 31.4 Å². The van der Waals surface area contributed by atoms with Crippen LogP contribution in [0.2, 0.25) is 0 Å². The topological polar surface area (TPSA) is 62.1 Å². The van der Waals surface area contributed by atoms with Crippen LogP contribution in [0.4, 0.5) is 0 Å². The van der Waals surface area contributed by atoms with Crippen molar-refractivity contribution < 1.29 is 9.53 Å². The first-order valence-electron chi connectivity index (χ1n) is 4.20. The van der Waals surface area contributed by atoms with Crippen molar-refractivity contribution in [2.75, 3.05) is 6.61 Å². The Bertz CT molecular complexity index is 359. The van der Waals surface area contributed by atoms with E-state index in [9.17, 15) is 4.79 Å². The van der Waals surface area contributed by atoms with Gasteiger partial charge in [-0.1, -0.05) is 6.08 Å². The first-order valence-corrected chi connectivity index (χ1v) is 4.20. The molecule has 14 heavy (non-hydrogen) atoms. The third-order valence-electron chi connectivity index (χ3n) is 1.57. The van der Waals surface area contributed by atoms with Crippen LogP contribution in [0, 0.1) is 11.3 Å². The fraction of sp³-hybridized carbons (Fsp3) is 0.200. The van der Waals surface area contributed by atoms with E-state index in [1.807, 2.05) is 6.07 Å². The van der Waals surface area contributed by atoms with Crippen molar-refractivity contribution >= 4 is 5.97 Å². The Balaban J connectivity index is 2.91. The van der Waals surface area contributed by atoms with Gasteiger partial charge in [0, 0.05) is 6.20 Å². The second-order valence-electron chi connectivity index (χ2n) is 2.48. The highest BCUT2D eigenvalue weighted by Gasteiger charge is 2.14. The maximum Gasteiger partial charge on any atom is 0.351 e. The average molecular weight is 190 g/mol. The Kier molecular flexibility index (Phi) is 3.50. The monoisotopic (exact) mass is 190 g/mol. The highest BCUT2D eigenvalue weighted by Crippen LogP contribution is 2.07. The Hall–Kier alpha value is -2.02. The highest BCUT2D eigenvalue weighted by molar-refractivity contribution is 5.94. The van der Waals surface area contributed by atoms with Gasteiger partial charge in [-0.05, 0) is 19.1 Å². The number of ether oxygens (including phenoxy) is 1. The maximum absolute atomic E-state index is 11.3. The second-order valence-corrected chi connectivity index (χ2v) is 2.48. The number of hydrogen-bond donors (Lipinski definition) is 1. The van der Waals surface area contributed by atoms with Gasteiger partial charge in [-0.25, -0.2) is 4.79 Å². The van der Waals surface area contributed by atoms with E-state index >= 15 is 0 Å². The number of carbonyl (C=O) groups is 1. The Morgan fingerprint density at radius 3 is 2.93 bits per heavy atom. The molecule has 0 saturated carbocycles. The minimum atomic E-state index is -0.600. The minimum Gasteiger partial charge on any atom is -0.462 e. The predicted octanol–water partition coefficient (Wildman–Crippen LogP) is 1.00. The first kappa shape index (κ1) is 10.1. The van der Waals surface area contributed by atoms with E-state index in [0.29, 0.717) is 5.70 Å². The number of carbonyl (C=O) groups excluding carboxylic acids is 1. The van der Waals surface area contributed by atoms with Crippen LogP contribution in [0.5, 0.6) is 0 Å². The molecule has 1 aliphatic heterocycles. The van der Waals surface area contributed by atoms with Crippen LogP contribution in [0.25, 0.3) is 0 Å². The van der Waals surface area contributed by atoms with Crippen LogP contribution < -0.4 is 5.32 Å². The Morgan fingerprint density at radius 2 is 2.43 bits per heavy atom. The molecule has 1 rings (SSSR count). The summed E-state index contributed by atoms with van der Waals surface area (Å²) in [5.41, 5.74) is 0.459. The molecule has 0 amide bonds. The normalized spacial score (nSPS) is 16.9. The molecule has 0 aromatic carbocycles. The second kappa shape index (κ2) is 4.87. The number of nitrogens with one attached hydrogen (secondary N) is 1. The fourth-order valence-corrected chi connectivity index (χ4v) is 0.968. The van der Waals surface area contributed by atoms with Gasteiger partial charge < -0.3 is 10.1 Å². The van der Waals surface area contributed by atoms with Gasteiger partial charge in [0.25, 0.3) is 0 Å². The molecule has 4 nitrogen and oxygen atoms in total. The van der Waals surface area contributed by atoms with Gasteiger partial charge in [0.2, 0.25) is 0 Å². The molecule has 0 atom stereocenters. The third kappa shape index (κ3) is 2.23. The number of dihydropyridines is 1. The maximum atomic E-state index is 11.3. The summed E-state index contributed by atoms with van der Waals surface area (Å²) in [6, 6.07) is 1.81. The lowest BCUT2D eigenvalue weighted by Gasteiger charge is -2.07. The zero-order valence-electron chi connectivity index (χ0n) is 7.78. The van der Waals surface area contributed by atoms with Crippen molar-refractivity contribution in [1.82, 2.24) is 5.32 Å². The Morgan fingerprint density at radius 1 is 1.64 bits per heavy atom. The van der Waals surface area contributed by atoms with Crippen molar-refractivity contribution in [3.05, 3.63) is 35.7 Å². The fourth-order valence-electron chi connectivity index (χ4n) is 0.968. The first-order chi connectivity index (χ1) is 6.79. The van der Waals surface area contributed by atoms with Crippen molar-refractivity contribution in [2.24, 2.45) is 0 Å². The lowest BCUT2D eigenvalue weighted by Crippen LogP contribution is -2.15. The summed E-state index contributed by atoms with van der Waals surface area (Å²) < 4.78 is 4.73. The van der Waals surface area contributed by atoms with Gasteiger partial charge >= 0.3 is 5.97 Å². The molecule has 0 bridgehead atoms. The molecular weight excluding hydrogens is 180 g/mol. The molecule has 0 spiro atoms.